The van der Waals surface area contributed by atoms with Gasteiger partial charge in [0.2, 0.25) is 0 Å². The van der Waals surface area contributed by atoms with Crippen LogP contribution in [0.25, 0.3) is 11.1 Å². The van der Waals surface area contributed by atoms with Crippen LogP contribution >= 0.6 is 0 Å². The van der Waals surface area contributed by atoms with E-state index < -0.39 is 0 Å². The van der Waals surface area contributed by atoms with Gasteiger partial charge in [-0.1, -0.05) is 74.4 Å². The van der Waals surface area contributed by atoms with Gasteiger partial charge in [0.15, 0.2) is 0 Å². The molecule has 0 heterocycles. The highest BCUT2D eigenvalue weighted by Gasteiger charge is 2.22. The zero-order valence-electron chi connectivity index (χ0n) is 18.2. The minimum absolute atomic E-state index is 0.643. The highest BCUT2D eigenvalue weighted by Crippen LogP contribution is 2.40. The summed E-state index contributed by atoms with van der Waals surface area (Å²) >= 11 is 0. The second-order valence-electron chi connectivity index (χ2n) is 7.70. The molecule has 0 spiro atoms. The van der Waals surface area contributed by atoms with Crippen LogP contribution in [-0.4, -0.2) is 13.6 Å². The smallest absolute Gasteiger partial charge is 0.0440 e. The van der Waals surface area contributed by atoms with Crippen LogP contribution in [0.4, 0.5) is 5.69 Å². The summed E-state index contributed by atoms with van der Waals surface area (Å²) in [5.74, 6) is 0.643. The van der Waals surface area contributed by atoms with Crippen molar-refractivity contribution in [1.29, 1.82) is 0 Å². The van der Waals surface area contributed by atoms with Gasteiger partial charge in [-0.25, -0.2) is 0 Å². The van der Waals surface area contributed by atoms with Gasteiger partial charge in [-0.3, -0.25) is 0 Å². The Morgan fingerprint density at radius 1 is 1.11 bits per heavy atom. The SMILES string of the molecule is C=C/C=C(\c1cc(\C(C)=C/C=C\C=C/C)ccc1N(C)CC)C1CCCCC1. The maximum atomic E-state index is 4.01. The first kappa shape index (κ1) is 22.0. The van der Waals surface area contributed by atoms with E-state index in [-0.39, 0.29) is 0 Å². The molecule has 1 aromatic rings. The average molecular weight is 376 g/mol. The lowest BCUT2D eigenvalue weighted by Crippen LogP contribution is -2.19. The highest BCUT2D eigenvalue weighted by molar-refractivity contribution is 5.82. The van der Waals surface area contributed by atoms with Crippen LogP contribution in [0.3, 0.4) is 0 Å². The molecule has 0 radical (unpaired) electrons. The van der Waals surface area contributed by atoms with E-state index >= 15 is 0 Å². The predicted molar refractivity (Wildman–Crippen MR) is 128 cm³/mol. The molecule has 0 atom stereocenters. The van der Waals surface area contributed by atoms with Gasteiger partial charge in [0.25, 0.3) is 0 Å². The third-order valence-corrected chi connectivity index (χ3v) is 5.75. The standard InChI is InChI=1S/C27H37N/c1-6-9-10-12-16-22(4)24-19-20-27(28(5)8-3)26(21-24)25(15-7-2)23-17-13-11-14-18-23/h6-7,9-10,12,15-16,19-21,23H,2,8,11,13-14,17-18H2,1,3-5H3/b9-6-,12-10-,22-16-,25-15-. The monoisotopic (exact) mass is 375 g/mol. The molecular formula is C27H37N. The molecular weight excluding hydrogens is 338 g/mol. The molecule has 2 rings (SSSR count). The van der Waals surface area contributed by atoms with E-state index in [1.165, 1.54) is 60.1 Å². The summed E-state index contributed by atoms with van der Waals surface area (Å²) in [6.07, 6.45) is 21.4. The van der Waals surface area contributed by atoms with Crippen LogP contribution in [0.2, 0.25) is 0 Å². The average Bonchev–Trinajstić information content (AvgIpc) is 2.74. The first-order chi connectivity index (χ1) is 13.6. The Morgan fingerprint density at radius 2 is 1.86 bits per heavy atom. The van der Waals surface area contributed by atoms with E-state index in [1.54, 1.807) is 0 Å². The largest absolute Gasteiger partial charge is 0.374 e. The topological polar surface area (TPSA) is 3.24 Å². The maximum Gasteiger partial charge on any atom is 0.0440 e. The predicted octanol–water partition coefficient (Wildman–Crippen LogP) is 7.83. The molecule has 1 aromatic carbocycles. The van der Waals surface area contributed by atoms with Crippen molar-refractivity contribution in [3.63, 3.8) is 0 Å². The minimum atomic E-state index is 0.643. The van der Waals surface area contributed by atoms with Crippen molar-refractivity contribution >= 4 is 16.8 Å². The number of nitrogens with zero attached hydrogens (tertiary/aromatic N) is 1. The van der Waals surface area contributed by atoms with Gasteiger partial charge < -0.3 is 4.90 Å². The number of hydrogen-bond donors (Lipinski definition) is 0. The van der Waals surface area contributed by atoms with Gasteiger partial charge in [-0.15, -0.1) is 0 Å². The van der Waals surface area contributed by atoms with Gasteiger partial charge >= 0.3 is 0 Å². The summed E-state index contributed by atoms with van der Waals surface area (Å²) in [4.78, 5) is 2.35. The molecule has 1 heteroatoms. The molecule has 1 saturated carbocycles. The number of allylic oxidation sites excluding steroid dienone is 9. The normalized spacial score (nSPS) is 16.9. The van der Waals surface area contributed by atoms with Crippen molar-refractivity contribution in [1.82, 2.24) is 0 Å². The summed E-state index contributed by atoms with van der Waals surface area (Å²) in [6, 6.07) is 6.94. The highest BCUT2D eigenvalue weighted by atomic mass is 15.1. The maximum absolute atomic E-state index is 4.01. The molecule has 0 N–H and O–H groups in total. The Hall–Kier alpha value is -2.28. The lowest BCUT2D eigenvalue weighted by atomic mass is 9.79. The number of anilines is 1. The molecule has 0 amide bonds. The first-order valence-electron chi connectivity index (χ1n) is 10.8. The molecule has 0 saturated heterocycles. The van der Waals surface area contributed by atoms with E-state index in [2.05, 4.69) is 81.0 Å². The lowest BCUT2D eigenvalue weighted by molar-refractivity contribution is 0.429. The Labute approximate surface area is 172 Å². The van der Waals surface area contributed by atoms with Crippen LogP contribution < -0.4 is 4.90 Å². The Bertz CT molecular complexity index is 754. The van der Waals surface area contributed by atoms with Crippen molar-refractivity contribution in [2.24, 2.45) is 5.92 Å². The molecule has 1 aliphatic rings. The molecule has 1 fully saturated rings. The summed E-state index contributed by atoms with van der Waals surface area (Å²) in [5, 5.41) is 0. The first-order valence-corrected chi connectivity index (χ1v) is 10.8. The van der Waals surface area contributed by atoms with Crippen molar-refractivity contribution < 1.29 is 0 Å². The fourth-order valence-electron chi connectivity index (χ4n) is 3.97. The molecule has 0 aliphatic heterocycles. The second kappa shape index (κ2) is 11.5. The van der Waals surface area contributed by atoms with Crippen molar-refractivity contribution in [2.75, 3.05) is 18.5 Å². The Balaban J connectivity index is 2.50. The Morgan fingerprint density at radius 3 is 2.50 bits per heavy atom. The molecule has 28 heavy (non-hydrogen) atoms. The van der Waals surface area contributed by atoms with E-state index in [4.69, 9.17) is 0 Å². The molecule has 150 valence electrons. The van der Waals surface area contributed by atoms with Crippen LogP contribution in [-0.2, 0) is 0 Å². The fourth-order valence-corrected chi connectivity index (χ4v) is 3.97. The van der Waals surface area contributed by atoms with Crippen LogP contribution in [0.15, 0.2) is 67.3 Å². The van der Waals surface area contributed by atoms with Crippen LogP contribution in [0.5, 0.6) is 0 Å². The van der Waals surface area contributed by atoms with Crippen molar-refractivity contribution in [2.45, 2.75) is 52.9 Å². The molecule has 0 bridgehead atoms. The fraction of sp³-hybridized carbons (Fsp3) is 0.407. The van der Waals surface area contributed by atoms with Gasteiger partial charge in [-0.2, -0.15) is 0 Å². The second-order valence-corrected chi connectivity index (χ2v) is 7.70. The van der Waals surface area contributed by atoms with Crippen LogP contribution in [0, 0.1) is 5.92 Å². The van der Waals surface area contributed by atoms with Crippen molar-refractivity contribution in [3.05, 3.63) is 78.4 Å². The van der Waals surface area contributed by atoms with Gasteiger partial charge in [0.1, 0.15) is 0 Å². The van der Waals surface area contributed by atoms with Crippen molar-refractivity contribution in [3.8, 4) is 0 Å². The minimum Gasteiger partial charge on any atom is -0.374 e. The van der Waals surface area contributed by atoms with E-state index in [0.29, 0.717) is 5.92 Å². The summed E-state index contributed by atoms with van der Waals surface area (Å²) < 4.78 is 0. The molecule has 1 aliphatic carbocycles. The molecule has 0 aromatic heterocycles. The third-order valence-electron chi connectivity index (χ3n) is 5.75. The number of hydrogen-bond acceptors (Lipinski definition) is 1. The van der Waals surface area contributed by atoms with Crippen LogP contribution in [0.1, 0.15) is 64.0 Å². The summed E-state index contributed by atoms with van der Waals surface area (Å²) in [7, 11) is 2.19. The number of rotatable bonds is 8. The van der Waals surface area contributed by atoms with Gasteiger partial charge in [-0.05, 0) is 68.4 Å². The Kier molecular flexibility index (Phi) is 9.07. The molecule has 1 nitrogen and oxygen atoms in total. The quantitative estimate of drug-likeness (QED) is 0.418. The summed E-state index contributed by atoms with van der Waals surface area (Å²) in [6.45, 7) is 11.5. The van der Waals surface area contributed by atoms with E-state index in [9.17, 15) is 0 Å². The molecule has 0 unspecified atom stereocenters. The third kappa shape index (κ3) is 5.86. The zero-order valence-corrected chi connectivity index (χ0v) is 18.2. The van der Waals surface area contributed by atoms with Gasteiger partial charge in [0.05, 0.1) is 0 Å². The van der Waals surface area contributed by atoms with E-state index in [0.717, 1.165) is 6.54 Å². The number of benzene rings is 1. The van der Waals surface area contributed by atoms with E-state index in [1.807, 2.05) is 19.1 Å². The zero-order chi connectivity index (χ0) is 20.4. The van der Waals surface area contributed by atoms with Gasteiger partial charge in [0, 0.05) is 24.8 Å². The summed E-state index contributed by atoms with van der Waals surface area (Å²) in [5.41, 5.74) is 6.73. The lowest BCUT2D eigenvalue weighted by Gasteiger charge is -2.29.